The molecule has 1 saturated carbocycles. The van der Waals surface area contributed by atoms with E-state index in [0.717, 1.165) is 41.8 Å². The predicted molar refractivity (Wildman–Crippen MR) is 215 cm³/mol. The van der Waals surface area contributed by atoms with Gasteiger partial charge in [-0.1, -0.05) is 146 Å². The summed E-state index contributed by atoms with van der Waals surface area (Å²) < 4.78 is 13.5. The van der Waals surface area contributed by atoms with Crippen LogP contribution in [-0.2, 0) is 0 Å². The van der Waals surface area contributed by atoms with Gasteiger partial charge in [-0.25, -0.2) is 0 Å². The number of allylic oxidation sites excluding steroid dienone is 5. The van der Waals surface area contributed by atoms with E-state index in [4.69, 9.17) is 8.83 Å². The molecular weight excluding hydrogens is 633 g/mol. The monoisotopic (exact) mass is 670 g/mol. The van der Waals surface area contributed by atoms with Crippen LogP contribution in [0.4, 0.5) is 0 Å². The van der Waals surface area contributed by atoms with Gasteiger partial charge in [0.15, 0.2) is 0 Å². The fourth-order valence-corrected chi connectivity index (χ4v) is 9.85. The van der Waals surface area contributed by atoms with Gasteiger partial charge in [0.1, 0.15) is 22.5 Å². The Morgan fingerprint density at radius 2 is 1.17 bits per heavy atom. The van der Waals surface area contributed by atoms with E-state index >= 15 is 0 Å². The molecule has 2 aromatic heterocycles. The Kier molecular flexibility index (Phi) is 6.80. The maximum Gasteiger partial charge on any atom is 0.138 e. The minimum atomic E-state index is 0.247. The fraction of sp³-hybridized carbons (Fsp3) is 0.160. The van der Waals surface area contributed by atoms with E-state index in [1.807, 2.05) is 0 Å². The number of hydrogen-bond donors (Lipinski definition) is 0. The van der Waals surface area contributed by atoms with E-state index in [1.165, 1.54) is 60.3 Å². The van der Waals surface area contributed by atoms with Crippen molar-refractivity contribution in [3.63, 3.8) is 0 Å². The van der Waals surface area contributed by atoms with Gasteiger partial charge in [0.25, 0.3) is 0 Å². The highest BCUT2D eigenvalue weighted by atomic mass is 16.3. The van der Waals surface area contributed by atoms with Crippen molar-refractivity contribution in [2.24, 2.45) is 5.92 Å². The van der Waals surface area contributed by atoms with Gasteiger partial charge in [0, 0.05) is 33.6 Å². The lowest BCUT2D eigenvalue weighted by Gasteiger charge is -2.36. The quantitative estimate of drug-likeness (QED) is 0.186. The first-order chi connectivity index (χ1) is 25.7. The average molecular weight is 671 g/mol. The second-order valence-corrected chi connectivity index (χ2v) is 15.1. The highest BCUT2D eigenvalue weighted by Crippen LogP contribution is 2.53. The number of rotatable bonds is 4. The third-order valence-electron chi connectivity index (χ3n) is 12.3. The Morgan fingerprint density at radius 3 is 2.06 bits per heavy atom. The molecule has 3 aliphatic carbocycles. The molecule has 2 heterocycles. The van der Waals surface area contributed by atoms with Gasteiger partial charge >= 0.3 is 0 Å². The molecule has 0 bridgehead atoms. The zero-order chi connectivity index (χ0) is 34.2. The van der Waals surface area contributed by atoms with E-state index < -0.39 is 0 Å². The van der Waals surface area contributed by atoms with Crippen molar-refractivity contribution in [2.45, 2.75) is 42.9 Å². The second-order valence-electron chi connectivity index (χ2n) is 15.1. The molecule has 5 atom stereocenters. The van der Waals surface area contributed by atoms with Crippen molar-refractivity contribution >= 4 is 55.3 Å². The van der Waals surface area contributed by atoms with Crippen molar-refractivity contribution < 1.29 is 8.83 Å². The molecule has 0 amide bonds. The first-order valence-corrected chi connectivity index (χ1v) is 18.8. The van der Waals surface area contributed by atoms with Crippen LogP contribution in [0, 0.1) is 5.92 Å². The Morgan fingerprint density at radius 1 is 0.481 bits per heavy atom. The van der Waals surface area contributed by atoms with Crippen LogP contribution in [0.2, 0.25) is 0 Å². The normalized spacial score (nSPS) is 22.5. The van der Waals surface area contributed by atoms with Gasteiger partial charge in [-0.3, -0.25) is 0 Å². The molecule has 6 aromatic carbocycles. The number of para-hydroxylation sites is 2. The van der Waals surface area contributed by atoms with E-state index in [-0.39, 0.29) is 11.8 Å². The van der Waals surface area contributed by atoms with Crippen molar-refractivity contribution in [3.8, 4) is 0 Å². The zero-order valence-corrected chi connectivity index (χ0v) is 28.9. The number of fused-ring (bicyclic) bond motifs is 9. The minimum absolute atomic E-state index is 0.247. The van der Waals surface area contributed by atoms with Crippen LogP contribution in [0.3, 0.4) is 0 Å². The van der Waals surface area contributed by atoms with Crippen molar-refractivity contribution in [1.82, 2.24) is 0 Å². The van der Waals surface area contributed by atoms with Gasteiger partial charge < -0.3 is 8.83 Å². The summed E-state index contributed by atoms with van der Waals surface area (Å²) in [6, 6.07) is 49.0. The Hall–Kier alpha value is -5.86. The first-order valence-electron chi connectivity index (χ1n) is 18.8. The molecule has 0 radical (unpaired) electrons. The highest BCUT2D eigenvalue weighted by molar-refractivity contribution is 6.05. The lowest BCUT2D eigenvalue weighted by Crippen LogP contribution is -2.20. The molecule has 0 aliphatic heterocycles. The lowest BCUT2D eigenvalue weighted by molar-refractivity contribution is 0.351. The average Bonchev–Trinajstić information content (AvgIpc) is 3.79. The van der Waals surface area contributed by atoms with Gasteiger partial charge in [0.05, 0.1) is 0 Å². The maximum absolute atomic E-state index is 7.06. The topological polar surface area (TPSA) is 26.3 Å². The number of hydrogen-bond acceptors (Lipinski definition) is 2. The largest absolute Gasteiger partial charge is 0.456 e. The third-order valence-corrected chi connectivity index (χ3v) is 12.3. The van der Waals surface area contributed by atoms with E-state index in [0.29, 0.717) is 17.8 Å². The number of benzene rings is 6. The summed E-state index contributed by atoms with van der Waals surface area (Å²) in [6.45, 7) is 0. The molecule has 0 N–H and O–H groups in total. The summed E-state index contributed by atoms with van der Waals surface area (Å²) in [5, 5.41) is 6.25. The van der Waals surface area contributed by atoms with Gasteiger partial charge in [-0.05, 0) is 93.8 Å². The first kappa shape index (κ1) is 29.8. The summed E-state index contributed by atoms with van der Waals surface area (Å²) in [6.07, 6.45) is 14.7. The highest BCUT2D eigenvalue weighted by Gasteiger charge is 2.37. The molecule has 3 aliphatic rings. The molecule has 1 fully saturated rings. The summed E-state index contributed by atoms with van der Waals surface area (Å²) in [7, 11) is 0. The summed E-state index contributed by atoms with van der Waals surface area (Å²) >= 11 is 0. The molecule has 250 valence electrons. The maximum atomic E-state index is 7.06. The summed E-state index contributed by atoms with van der Waals surface area (Å²) in [5.74, 6) is 2.68. The van der Waals surface area contributed by atoms with Crippen LogP contribution in [0.5, 0.6) is 0 Å². The lowest BCUT2D eigenvalue weighted by atomic mass is 9.68. The minimum Gasteiger partial charge on any atom is -0.456 e. The fourth-order valence-electron chi connectivity index (χ4n) is 9.85. The van der Waals surface area contributed by atoms with Gasteiger partial charge in [-0.2, -0.15) is 0 Å². The van der Waals surface area contributed by atoms with Crippen molar-refractivity contribution in [1.29, 1.82) is 0 Å². The molecule has 5 unspecified atom stereocenters. The Balaban J connectivity index is 1.04. The van der Waals surface area contributed by atoms with Gasteiger partial charge in [-0.15, -0.1) is 0 Å². The SMILES string of the molecule is C1=CC2C(c3ccccc3)=Cc3oc4c(C5CC(c6ccc7ccccc7c6)CC(c6ccc7c(c6)oc6ccccc67)C5)cccc4c3C2C=C1. The van der Waals surface area contributed by atoms with Crippen molar-refractivity contribution in [2.75, 3.05) is 0 Å². The summed E-state index contributed by atoms with van der Waals surface area (Å²) in [5.41, 5.74) is 11.1. The van der Waals surface area contributed by atoms with Crippen LogP contribution < -0.4 is 0 Å². The van der Waals surface area contributed by atoms with Crippen LogP contribution in [0.25, 0.3) is 55.3 Å². The molecule has 0 saturated heterocycles. The zero-order valence-electron chi connectivity index (χ0n) is 28.9. The third kappa shape index (κ3) is 4.78. The van der Waals surface area contributed by atoms with Crippen LogP contribution in [0.1, 0.15) is 76.5 Å². The Labute approximate surface area is 303 Å². The van der Waals surface area contributed by atoms with Crippen LogP contribution in [0.15, 0.2) is 167 Å². The van der Waals surface area contributed by atoms with Gasteiger partial charge in [0.2, 0.25) is 0 Å². The molecule has 0 spiro atoms. The van der Waals surface area contributed by atoms with E-state index in [1.54, 1.807) is 0 Å². The Bertz CT molecular complexity index is 2750. The standard InChI is InChI=1S/C50H38O2/c1-2-12-32(13-3-1)45-30-48-49(43-17-7-6-15-40(43)45)44-19-10-18-39(50(44)52-48)38-27-36(34-22-21-31-11-4-5-14-33(31)25-34)26-37(28-38)35-23-24-42-41-16-8-9-20-46(41)51-47(42)29-35/h1-25,29-30,36-38,40,43H,26-28H2. The van der Waals surface area contributed by atoms with Crippen LogP contribution >= 0.6 is 0 Å². The van der Waals surface area contributed by atoms with Crippen molar-refractivity contribution in [3.05, 3.63) is 191 Å². The van der Waals surface area contributed by atoms with Crippen LogP contribution in [-0.4, -0.2) is 0 Å². The number of furan rings is 2. The predicted octanol–water partition coefficient (Wildman–Crippen LogP) is 13.7. The van der Waals surface area contributed by atoms with E-state index in [9.17, 15) is 0 Å². The molecule has 2 heteroatoms. The second kappa shape index (κ2) is 11.9. The molecule has 52 heavy (non-hydrogen) atoms. The molecule has 11 rings (SSSR count). The molecule has 2 nitrogen and oxygen atoms in total. The smallest absolute Gasteiger partial charge is 0.138 e. The summed E-state index contributed by atoms with van der Waals surface area (Å²) in [4.78, 5) is 0. The molecule has 8 aromatic rings. The van der Waals surface area contributed by atoms with E-state index in [2.05, 4.69) is 164 Å². The molecular formula is C50H38O2.